The fourth-order valence-electron chi connectivity index (χ4n) is 2.23. The Kier molecular flexibility index (Phi) is 6.03. The highest BCUT2D eigenvalue weighted by Crippen LogP contribution is 2.17. The molecule has 0 aliphatic carbocycles. The second-order valence-electron chi connectivity index (χ2n) is 5.35. The topological polar surface area (TPSA) is 47.6 Å². The minimum atomic E-state index is -0.145. The van der Waals surface area contributed by atoms with Gasteiger partial charge in [-0.3, -0.25) is 4.79 Å². The van der Waals surface area contributed by atoms with E-state index in [2.05, 4.69) is 24.4 Å². The fourth-order valence-corrected chi connectivity index (χ4v) is 2.23. The van der Waals surface area contributed by atoms with Crippen LogP contribution in [0.4, 0.5) is 0 Å². The number of rotatable bonds is 7. The molecular formula is C19H23NO3. The molecule has 0 spiro atoms. The Labute approximate surface area is 137 Å². The maximum absolute atomic E-state index is 12.0. The third-order valence-electron chi connectivity index (χ3n) is 3.69. The first-order valence-corrected chi connectivity index (χ1v) is 7.77. The summed E-state index contributed by atoms with van der Waals surface area (Å²) < 4.78 is 10.6. The SMILES string of the molecule is CCc1ccc(C(C)NC(=O)COc2ccc(OC)cc2)cc1. The summed E-state index contributed by atoms with van der Waals surface area (Å²) in [6.45, 7) is 4.08. The van der Waals surface area contributed by atoms with Gasteiger partial charge in [-0.05, 0) is 48.7 Å². The van der Waals surface area contributed by atoms with Crippen LogP contribution in [0.25, 0.3) is 0 Å². The molecule has 23 heavy (non-hydrogen) atoms. The summed E-state index contributed by atoms with van der Waals surface area (Å²) in [4.78, 5) is 12.0. The number of nitrogens with one attached hydrogen (secondary N) is 1. The predicted octanol–water partition coefficient (Wildman–Crippen LogP) is 3.51. The maximum Gasteiger partial charge on any atom is 0.258 e. The highest BCUT2D eigenvalue weighted by Gasteiger charge is 2.10. The van der Waals surface area contributed by atoms with Gasteiger partial charge >= 0.3 is 0 Å². The first-order chi connectivity index (χ1) is 11.1. The molecule has 0 radical (unpaired) electrons. The van der Waals surface area contributed by atoms with Gasteiger partial charge in [0.2, 0.25) is 0 Å². The second-order valence-corrected chi connectivity index (χ2v) is 5.35. The minimum absolute atomic E-state index is 0.0102. The Balaban J connectivity index is 1.83. The quantitative estimate of drug-likeness (QED) is 0.851. The number of hydrogen-bond donors (Lipinski definition) is 1. The molecule has 122 valence electrons. The van der Waals surface area contributed by atoms with Gasteiger partial charge in [0.05, 0.1) is 13.2 Å². The normalized spacial score (nSPS) is 11.6. The summed E-state index contributed by atoms with van der Waals surface area (Å²) in [7, 11) is 1.61. The Hall–Kier alpha value is -2.49. The molecule has 0 aromatic heterocycles. The van der Waals surface area contributed by atoms with Crippen molar-refractivity contribution in [3.63, 3.8) is 0 Å². The zero-order valence-corrected chi connectivity index (χ0v) is 13.8. The number of hydrogen-bond acceptors (Lipinski definition) is 3. The van der Waals surface area contributed by atoms with Crippen molar-refractivity contribution in [1.82, 2.24) is 5.32 Å². The van der Waals surface area contributed by atoms with Crippen LogP contribution in [-0.4, -0.2) is 19.6 Å². The van der Waals surface area contributed by atoms with Gasteiger partial charge in [0.25, 0.3) is 5.91 Å². The lowest BCUT2D eigenvalue weighted by molar-refractivity contribution is -0.123. The van der Waals surface area contributed by atoms with E-state index in [1.54, 1.807) is 31.4 Å². The van der Waals surface area contributed by atoms with Gasteiger partial charge in [0.1, 0.15) is 11.5 Å². The van der Waals surface area contributed by atoms with E-state index in [1.807, 2.05) is 19.1 Å². The van der Waals surface area contributed by atoms with Crippen molar-refractivity contribution >= 4 is 5.91 Å². The van der Waals surface area contributed by atoms with Crippen LogP contribution < -0.4 is 14.8 Å². The van der Waals surface area contributed by atoms with Crippen LogP contribution in [-0.2, 0) is 11.2 Å². The lowest BCUT2D eigenvalue weighted by Crippen LogP contribution is -2.31. The van der Waals surface area contributed by atoms with Gasteiger partial charge in [0, 0.05) is 0 Å². The molecule has 1 N–H and O–H groups in total. The Morgan fingerprint density at radius 1 is 1.04 bits per heavy atom. The third-order valence-corrected chi connectivity index (χ3v) is 3.69. The number of aryl methyl sites for hydroxylation is 1. The average Bonchev–Trinajstić information content (AvgIpc) is 2.60. The molecule has 0 saturated carbocycles. The maximum atomic E-state index is 12.0. The summed E-state index contributed by atoms with van der Waals surface area (Å²) in [5.74, 6) is 1.25. The van der Waals surface area contributed by atoms with Crippen molar-refractivity contribution in [2.45, 2.75) is 26.3 Å². The summed E-state index contributed by atoms with van der Waals surface area (Å²) in [6, 6.07) is 15.4. The molecule has 0 heterocycles. The zero-order chi connectivity index (χ0) is 16.7. The van der Waals surface area contributed by atoms with Crippen molar-refractivity contribution < 1.29 is 14.3 Å². The smallest absolute Gasteiger partial charge is 0.258 e. The Morgan fingerprint density at radius 2 is 1.65 bits per heavy atom. The number of amides is 1. The van der Waals surface area contributed by atoms with E-state index in [0.717, 1.165) is 17.7 Å². The molecule has 0 aliphatic heterocycles. The van der Waals surface area contributed by atoms with Gasteiger partial charge in [-0.2, -0.15) is 0 Å². The molecule has 1 atom stereocenters. The molecule has 1 amide bonds. The first kappa shape index (κ1) is 16.9. The van der Waals surface area contributed by atoms with E-state index >= 15 is 0 Å². The largest absolute Gasteiger partial charge is 0.497 e. The molecule has 2 rings (SSSR count). The summed E-state index contributed by atoms with van der Waals surface area (Å²) >= 11 is 0. The van der Waals surface area contributed by atoms with Crippen LogP contribution in [0.1, 0.15) is 31.0 Å². The fraction of sp³-hybridized carbons (Fsp3) is 0.316. The van der Waals surface area contributed by atoms with Crippen LogP contribution >= 0.6 is 0 Å². The van der Waals surface area contributed by atoms with E-state index in [1.165, 1.54) is 5.56 Å². The van der Waals surface area contributed by atoms with Crippen LogP contribution in [0.5, 0.6) is 11.5 Å². The van der Waals surface area contributed by atoms with Gasteiger partial charge in [-0.25, -0.2) is 0 Å². The number of benzene rings is 2. The van der Waals surface area contributed by atoms with Gasteiger partial charge < -0.3 is 14.8 Å². The van der Waals surface area contributed by atoms with Crippen LogP contribution in [0.3, 0.4) is 0 Å². The van der Waals surface area contributed by atoms with Crippen molar-refractivity contribution in [2.75, 3.05) is 13.7 Å². The van der Waals surface area contributed by atoms with Crippen LogP contribution in [0, 0.1) is 0 Å². The number of ether oxygens (including phenoxy) is 2. The average molecular weight is 313 g/mol. The molecule has 2 aromatic carbocycles. The van der Waals surface area contributed by atoms with E-state index in [9.17, 15) is 4.79 Å². The molecule has 0 bridgehead atoms. The molecule has 4 nitrogen and oxygen atoms in total. The molecule has 0 fully saturated rings. The van der Waals surface area contributed by atoms with E-state index in [0.29, 0.717) is 5.75 Å². The Bertz CT molecular complexity index is 620. The van der Waals surface area contributed by atoms with Gasteiger partial charge in [-0.15, -0.1) is 0 Å². The summed E-state index contributed by atoms with van der Waals surface area (Å²) in [5.41, 5.74) is 2.37. The number of carbonyl (C=O) groups excluding carboxylic acids is 1. The monoisotopic (exact) mass is 313 g/mol. The zero-order valence-electron chi connectivity index (χ0n) is 13.8. The number of carbonyl (C=O) groups is 1. The summed E-state index contributed by atoms with van der Waals surface area (Å²) in [5, 5.41) is 2.94. The highest BCUT2D eigenvalue weighted by atomic mass is 16.5. The van der Waals surface area contributed by atoms with Crippen molar-refractivity contribution in [3.05, 3.63) is 59.7 Å². The first-order valence-electron chi connectivity index (χ1n) is 7.77. The lowest BCUT2D eigenvalue weighted by atomic mass is 10.1. The van der Waals surface area contributed by atoms with Crippen LogP contribution in [0.2, 0.25) is 0 Å². The lowest BCUT2D eigenvalue weighted by Gasteiger charge is -2.15. The highest BCUT2D eigenvalue weighted by molar-refractivity contribution is 5.78. The van der Waals surface area contributed by atoms with Gasteiger partial charge in [0.15, 0.2) is 6.61 Å². The third kappa shape index (κ3) is 5.02. The van der Waals surface area contributed by atoms with E-state index < -0.39 is 0 Å². The summed E-state index contributed by atoms with van der Waals surface area (Å²) in [6.07, 6.45) is 1.01. The molecule has 0 saturated heterocycles. The standard InChI is InChI=1S/C19H23NO3/c1-4-15-5-7-16(8-6-15)14(2)20-19(21)13-23-18-11-9-17(22-3)10-12-18/h5-12,14H,4,13H2,1-3H3,(H,20,21). The van der Waals surface area contributed by atoms with Crippen molar-refractivity contribution in [1.29, 1.82) is 0 Å². The molecular weight excluding hydrogens is 290 g/mol. The Morgan fingerprint density at radius 3 is 2.22 bits per heavy atom. The molecule has 1 unspecified atom stereocenters. The molecule has 4 heteroatoms. The van der Waals surface area contributed by atoms with Crippen LogP contribution in [0.15, 0.2) is 48.5 Å². The van der Waals surface area contributed by atoms with Crippen molar-refractivity contribution in [3.8, 4) is 11.5 Å². The van der Waals surface area contributed by atoms with E-state index in [-0.39, 0.29) is 18.6 Å². The predicted molar refractivity (Wildman–Crippen MR) is 90.9 cm³/mol. The van der Waals surface area contributed by atoms with Gasteiger partial charge in [-0.1, -0.05) is 31.2 Å². The molecule has 2 aromatic rings. The van der Waals surface area contributed by atoms with Crippen molar-refractivity contribution in [2.24, 2.45) is 0 Å². The number of methoxy groups -OCH3 is 1. The second kappa shape index (κ2) is 8.22. The minimum Gasteiger partial charge on any atom is -0.497 e. The van der Waals surface area contributed by atoms with E-state index in [4.69, 9.17) is 9.47 Å². The molecule has 0 aliphatic rings.